The van der Waals surface area contributed by atoms with Gasteiger partial charge in [-0.1, -0.05) is 30.8 Å². The summed E-state index contributed by atoms with van der Waals surface area (Å²) < 4.78 is 33.5. The van der Waals surface area contributed by atoms with E-state index in [9.17, 15) is 19.2 Å². The molecule has 0 bridgehead atoms. The van der Waals surface area contributed by atoms with Crippen LogP contribution in [-0.2, 0) is 49.3 Å². The molecule has 3 aliphatic rings. The van der Waals surface area contributed by atoms with E-state index in [0.717, 1.165) is 16.4 Å². The number of ether oxygens (including phenoxy) is 6. The van der Waals surface area contributed by atoms with Gasteiger partial charge in [-0.15, -0.1) is 0 Å². The maximum atomic E-state index is 13.6. The Morgan fingerprint density at radius 1 is 1.02 bits per heavy atom. The van der Waals surface area contributed by atoms with Gasteiger partial charge in [-0.05, 0) is 38.0 Å². The normalized spacial score (nSPS) is 27.8. The average Bonchev–Trinajstić information content (AvgIpc) is 3.40. The number of benzene rings is 1. The first-order valence-electron chi connectivity index (χ1n) is 14.6. The third kappa shape index (κ3) is 8.09. The maximum absolute atomic E-state index is 13.6. The van der Waals surface area contributed by atoms with Crippen LogP contribution >= 0.6 is 11.8 Å². The van der Waals surface area contributed by atoms with Crippen molar-refractivity contribution < 1.29 is 47.6 Å². The third-order valence-corrected chi connectivity index (χ3v) is 9.14. The van der Waals surface area contributed by atoms with Gasteiger partial charge < -0.3 is 39.1 Å². The summed E-state index contributed by atoms with van der Waals surface area (Å²) in [6, 6.07) is 5.27. The Bertz CT molecular complexity index is 1230. The number of aliphatic imine (C=N–C) groups is 1. The second-order valence-electron chi connectivity index (χ2n) is 11.0. The van der Waals surface area contributed by atoms with Gasteiger partial charge in [0.25, 0.3) is 0 Å². The Labute approximate surface area is 261 Å². The number of carbonyl (C=O) groups excluding carboxylic acids is 4. The second-order valence-corrected chi connectivity index (χ2v) is 12.3. The quantitative estimate of drug-likeness (QED) is 0.321. The minimum absolute atomic E-state index is 0.0114. The lowest BCUT2D eigenvalue weighted by molar-refractivity contribution is -0.295. The van der Waals surface area contributed by atoms with E-state index in [2.05, 4.69) is 15.4 Å². The molecule has 3 heterocycles. The molecule has 44 heavy (non-hydrogen) atoms. The number of thioether (sulfide) groups is 1. The predicted molar refractivity (Wildman–Crippen MR) is 160 cm³/mol. The number of nitrogens with zero attached hydrogens (tertiary/aromatic N) is 1. The molecule has 0 aliphatic carbocycles. The van der Waals surface area contributed by atoms with Crippen LogP contribution in [0.5, 0.6) is 5.75 Å². The first kappa shape index (κ1) is 33.7. The summed E-state index contributed by atoms with van der Waals surface area (Å²) in [4.78, 5) is 55.2. The van der Waals surface area contributed by atoms with Crippen molar-refractivity contribution in [2.75, 3.05) is 27.9 Å². The molecule has 1 aromatic carbocycles. The zero-order valence-electron chi connectivity index (χ0n) is 25.8. The molecule has 4 rings (SSSR count). The minimum Gasteiger partial charge on any atom is -0.497 e. The number of carbonyl (C=O) groups is 4. The number of fused-ring (bicyclic) bond motifs is 2. The van der Waals surface area contributed by atoms with E-state index >= 15 is 0 Å². The van der Waals surface area contributed by atoms with Gasteiger partial charge in [-0.2, -0.15) is 0 Å². The zero-order chi connectivity index (χ0) is 32.0. The van der Waals surface area contributed by atoms with Gasteiger partial charge in [-0.3, -0.25) is 19.4 Å². The zero-order valence-corrected chi connectivity index (χ0v) is 26.6. The first-order chi connectivity index (χ1) is 21.0. The summed E-state index contributed by atoms with van der Waals surface area (Å²) in [7, 11) is 4.03. The number of amides is 2. The second kappa shape index (κ2) is 15.2. The number of esters is 2. The van der Waals surface area contributed by atoms with Crippen molar-refractivity contribution in [2.45, 2.75) is 82.1 Å². The lowest BCUT2D eigenvalue weighted by Gasteiger charge is -2.48. The fourth-order valence-electron chi connectivity index (χ4n) is 5.61. The summed E-state index contributed by atoms with van der Waals surface area (Å²) in [6.45, 7) is 5.53. The molecular formula is C30H41N3O10S. The van der Waals surface area contributed by atoms with Crippen LogP contribution < -0.4 is 15.4 Å². The van der Waals surface area contributed by atoms with Crippen LogP contribution in [-0.4, -0.2) is 98.8 Å². The number of nitrogens with one attached hydrogen (secondary N) is 2. The summed E-state index contributed by atoms with van der Waals surface area (Å²) in [5, 5.41) is 6.20. The fourth-order valence-corrected chi connectivity index (χ4v) is 6.71. The van der Waals surface area contributed by atoms with Gasteiger partial charge in [0.2, 0.25) is 11.8 Å². The van der Waals surface area contributed by atoms with E-state index in [1.807, 2.05) is 31.2 Å². The van der Waals surface area contributed by atoms with Crippen LogP contribution in [0.15, 0.2) is 29.3 Å². The molecular weight excluding hydrogens is 594 g/mol. The summed E-state index contributed by atoms with van der Waals surface area (Å²) in [5.41, 5.74) is 0.728. The SMILES string of the molecule is COC(=O)CC[C@@H](NC(=O)[C@H](C)NC(=O)[C@H](C)[C@H]1[C@@H]2O[C@H](Cc3ccc(OC)cc3)OC[C@H]2OC2SC(C)=N[C@@H]21)C(=O)OC. The third-order valence-electron chi connectivity index (χ3n) is 8.07. The Morgan fingerprint density at radius 2 is 1.75 bits per heavy atom. The Kier molecular flexibility index (Phi) is 11.6. The molecule has 1 aromatic rings. The molecule has 2 N–H and O–H groups in total. The monoisotopic (exact) mass is 635 g/mol. The van der Waals surface area contributed by atoms with Gasteiger partial charge in [0.15, 0.2) is 6.29 Å². The standard InChI is InChI=1S/C30H41N3O10S/c1-15(27(35)31-16(2)28(36)33-20(29(37)40-6)11-12-22(34)39-5)24-25-30(44-17(3)32-25)42-21-14-41-23(43-26(21)24)13-18-7-9-19(38-4)10-8-18/h7-10,15-16,20-21,23-26,30H,11-14H2,1-6H3,(H,31,35)(H,33,36)/t15-,16+,20-,21-,23-,24-,25-,26-,30?/m1/s1. The number of hydrogen-bond acceptors (Lipinski definition) is 12. The smallest absolute Gasteiger partial charge is 0.328 e. The van der Waals surface area contributed by atoms with Crippen LogP contribution in [0.2, 0.25) is 0 Å². The molecule has 2 fully saturated rings. The Hall–Kier alpha value is -3.20. The van der Waals surface area contributed by atoms with Crippen molar-refractivity contribution in [3.05, 3.63) is 29.8 Å². The van der Waals surface area contributed by atoms with Gasteiger partial charge in [-0.25, -0.2) is 4.79 Å². The van der Waals surface area contributed by atoms with Gasteiger partial charge in [0, 0.05) is 24.7 Å². The van der Waals surface area contributed by atoms with Crippen molar-refractivity contribution in [3.63, 3.8) is 0 Å². The molecule has 0 saturated carbocycles. The summed E-state index contributed by atoms with van der Waals surface area (Å²) >= 11 is 1.52. The number of hydrogen-bond donors (Lipinski definition) is 2. The first-order valence-corrected chi connectivity index (χ1v) is 15.4. The van der Waals surface area contributed by atoms with Crippen molar-refractivity contribution in [1.29, 1.82) is 0 Å². The molecule has 14 heteroatoms. The van der Waals surface area contributed by atoms with Gasteiger partial charge in [0.05, 0.1) is 45.1 Å². The molecule has 242 valence electrons. The highest BCUT2D eigenvalue weighted by molar-refractivity contribution is 8.14. The summed E-state index contributed by atoms with van der Waals surface area (Å²) in [6.07, 6.45) is -1.02. The predicted octanol–water partition coefficient (Wildman–Crippen LogP) is 1.61. The van der Waals surface area contributed by atoms with E-state index in [-0.39, 0.29) is 36.1 Å². The van der Waals surface area contributed by atoms with E-state index < -0.39 is 54.3 Å². The fraction of sp³-hybridized carbons (Fsp3) is 0.633. The van der Waals surface area contributed by atoms with Crippen LogP contribution in [0.4, 0.5) is 0 Å². The van der Waals surface area contributed by atoms with Crippen molar-refractivity contribution in [1.82, 2.24) is 10.6 Å². The highest BCUT2D eigenvalue weighted by Crippen LogP contribution is 2.45. The van der Waals surface area contributed by atoms with E-state index in [1.54, 1.807) is 14.0 Å². The van der Waals surface area contributed by atoms with Crippen LogP contribution in [0.3, 0.4) is 0 Å². The molecule has 3 aliphatic heterocycles. The molecule has 2 amide bonds. The molecule has 2 saturated heterocycles. The molecule has 0 aromatic heterocycles. The van der Waals surface area contributed by atoms with E-state index in [0.29, 0.717) is 13.0 Å². The highest BCUT2D eigenvalue weighted by atomic mass is 32.2. The average molecular weight is 636 g/mol. The summed E-state index contributed by atoms with van der Waals surface area (Å²) in [5.74, 6) is -2.41. The van der Waals surface area contributed by atoms with Crippen molar-refractivity contribution in [2.24, 2.45) is 16.8 Å². The lowest BCUT2D eigenvalue weighted by Crippen LogP contribution is -2.61. The molecule has 9 atom stereocenters. The molecule has 13 nitrogen and oxygen atoms in total. The largest absolute Gasteiger partial charge is 0.497 e. The lowest BCUT2D eigenvalue weighted by atomic mass is 9.78. The molecule has 0 radical (unpaired) electrons. The molecule has 1 unspecified atom stereocenters. The molecule has 0 spiro atoms. The van der Waals surface area contributed by atoms with Crippen LogP contribution in [0.25, 0.3) is 0 Å². The topological polar surface area (TPSA) is 160 Å². The van der Waals surface area contributed by atoms with Crippen molar-refractivity contribution >= 4 is 40.6 Å². The van der Waals surface area contributed by atoms with E-state index in [1.165, 1.54) is 32.9 Å². The number of methoxy groups -OCH3 is 3. The van der Waals surface area contributed by atoms with Crippen molar-refractivity contribution in [3.8, 4) is 5.75 Å². The van der Waals surface area contributed by atoms with Crippen LogP contribution in [0, 0.1) is 11.8 Å². The van der Waals surface area contributed by atoms with Gasteiger partial charge in [0.1, 0.15) is 29.4 Å². The van der Waals surface area contributed by atoms with Crippen LogP contribution in [0.1, 0.15) is 39.2 Å². The Morgan fingerprint density at radius 3 is 2.41 bits per heavy atom. The highest BCUT2D eigenvalue weighted by Gasteiger charge is 2.54. The van der Waals surface area contributed by atoms with Gasteiger partial charge >= 0.3 is 11.9 Å². The Balaban J connectivity index is 1.44. The minimum atomic E-state index is -1.08. The maximum Gasteiger partial charge on any atom is 0.328 e. The van der Waals surface area contributed by atoms with E-state index in [4.69, 9.17) is 28.7 Å². The number of rotatable bonds is 12.